The van der Waals surface area contributed by atoms with E-state index < -0.39 is 0 Å². The van der Waals surface area contributed by atoms with Gasteiger partial charge in [-0.2, -0.15) is 0 Å². The van der Waals surface area contributed by atoms with Crippen LogP contribution in [0.2, 0.25) is 0 Å². The van der Waals surface area contributed by atoms with Gasteiger partial charge >= 0.3 is 0 Å². The fraction of sp³-hybridized carbons (Fsp3) is 0.348. The van der Waals surface area contributed by atoms with Crippen LogP contribution in [0.3, 0.4) is 0 Å². The molecule has 1 aromatic carbocycles. The van der Waals surface area contributed by atoms with Crippen LogP contribution < -0.4 is 4.90 Å². The molecule has 0 bridgehead atoms. The fourth-order valence-electron chi connectivity index (χ4n) is 4.16. The molecule has 1 aromatic heterocycles. The number of rotatable bonds is 3. The molecule has 2 aliphatic rings. The largest absolute Gasteiger partial charge is 0.378 e. The highest BCUT2D eigenvalue weighted by Crippen LogP contribution is 2.32. The van der Waals surface area contributed by atoms with Crippen LogP contribution in [0.5, 0.6) is 0 Å². The molecule has 2 aromatic rings. The minimum Gasteiger partial charge on any atom is -0.378 e. The Morgan fingerprint density at radius 3 is 2.25 bits per heavy atom. The van der Waals surface area contributed by atoms with Crippen molar-refractivity contribution in [3.8, 4) is 5.69 Å². The second-order valence-corrected chi connectivity index (χ2v) is 9.19. The summed E-state index contributed by atoms with van der Waals surface area (Å²) in [5.74, 6) is -0.777. The number of amides is 2. The van der Waals surface area contributed by atoms with Gasteiger partial charge in [0.1, 0.15) is 5.57 Å². The first-order valence-corrected chi connectivity index (χ1v) is 11.5. The molecule has 2 amide bonds. The van der Waals surface area contributed by atoms with E-state index in [1.165, 1.54) is 9.80 Å². The summed E-state index contributed by atoms with van der Waals surface area (Å²) in [5.41, 5.74) is 5.02. The zero-order chi connectivity index (χ0) is 23.2. The molecule has 0 atom stereocenters. The number of hydrogen-bond donors (Lipinski definition) is 0. The maximum absolute atomic E-state index is 12.7. The maximum atomic E-state index is 12.7. The lowest BCUT2D eigenvalue weighted by molar-refractivity contribution is -0.132. The van der Waals surface area contributed by atoms with Gasteiger partial charge in [0, 0.05) is 48.7 Å². The van der Waals surface area contributed by atoms with Crippen LogP contribution in [0.1, 0.15) is 17.0 Å². The van der Waals surface area contributed by atoms with Crippen molar-refractivity contribution in [3.05, 3.63) is 51.3 Å². The number of nitrogens with zero attached hydrogens (tertiary/aromatic N) is 4. The Morgan fingerprint density at radius 1 is 1.03 bits per heavy atom. The Morgan fingerprint density at radius 2 is 1.66 bits per heavy atom. The van der Waals surface area contributed by atoms with E-state index in [0.29, 0.717) is 0 Å². The van der Waals surface area contributed by atoms with Gasteiger partial charge in [0.2, 0.25) is 0 Å². The third-order valence-corrected chi connectivity index (χ3v) is 7.14. The number of halogens is 1. The van der Waals surface area contributed by atoms with Crippen LogP contribution in [0, 0.1) is 13.8 Å². The molecule has 2 saturated heterocycles. The highest BCUT2D eigenvalue weighted by Gasteiger charge is 2.35. The molecule has 0 spiro atoms. The van der Waals surface area contributed by atoms with Gasteiger partial charge < -0.3 is 14.2 Å². The number of aryl methyl sites for hydroxylation is 1. The SMILES string of the molecule is Cc1cc(C=C2C(=O)N(C)C(=S)N(C)C2=O)c(C)n1-c1ccc(N2CCOCC2)c(Br)c1. The van der Waals surface area contributed by atoms with Crippen molar-refractivity contribution in [3.63, 3.8) is 0 Å². The van der Waals surface area contributed by atoms with E-state index in [1.807, 2.05) is 19.9 Å². The van der Waals surface area contributed by atoms with E-state index >= 15 is 0 Å². The minimum atomic E-state index is -0.388. The number of thiocarbonyl (C=S) groups is 1. The van der Waals surface area contributed by atoms with Crippen molar-refractivity contribution >= 4 is 56.8 Å². The second kappa shape index (κ2) is 8.80. The molecule has 0 N–H and O–H groups in total. The summed E-state index contributed by atoms with van der Waals surface area (Å²) in [6, 6.07) is 8.28. The summed E-state index contributed by atoms with van der Waals surface area (Å²) in [6.07, 6.45) is 1.66. The smallest absolute Gasteiger partial charge is 0.265 e. The van der Waals surface area contributed by atoms with Gasteiger partial charge in [0.15, 0.2) is 5.11 Å². The standard InChI is InChI=1S/C23H25BrN4O3S/c1-14-11-16(12-18-21(29)25(3)23(32)26(4)22(18)30)15(2)28(14)17-5-6-20(19(24)13-17)27-7-9-31-10-8-27/h5-6,11-13H,7-10H2,1-4H3. The van der Waals surface area contributed by atoms with Gasteiger partial charge in [-0.3, -0.25) is 19.4 Å². The van der Waals surface area contributed by atoms with Gasteiger partial charge in [0.05, 0.1) is 18.9 Å². The maximum Gasteiger partial charge on any atom is 0.265 e. The Labute approximate surface area is 201 Å². The summed E-state index contributed by atoms with van der Waals surface area (Å²) in [6.45, 7) is 7.19. The number of hydrogen-bond acceptors (Lipinski definition) is 5. The average molecular weight is 517 g/mol. The number of morpholine rings is 1. The molecule has 9 heteroatoms. The Hall–Kier alpha value is -2.49. The van der Waals surface area contributed by atoms with Crippen LogP contribution in [0.25, 0.3) is 11.8 Å². The average Bonchev–Trinajstić information content (AvgIpc) is 3.07. The monoisotopic (exact) mass is 516 g/mol. The Bertz CT molecular complexity index is 1120. The highest BCUT2D eigenvalue weighted by atomic mass is 79.9. The number of aromatic nitrogens is 1. The van der Waals surface area contributed by atoms with E-state index in [1.54, 1.807) is 20.2 Å². The Kier molecular flexibility index (Phi) is 6.24. The first-order chi connectivity index (χ1) is 15.2. The number of likely N-dealkylation sites (N-methyl/N-ethyl adjacent to an activating group) is 2. The van der Waals surface area contributed by atoms with Crippen molar-refractivity contribution in [2.45, 2.75) is 13.8 Å². The van der Waals surface area contributed by atoms with Gasteiger partial charge in [-0.1, -0.05) is 0 Å². The molecular weight excluding hydrogens is 492 g/mol. The topological polar surface area (TPSA) is 58.0 Å². The van der Waals surface area contributed by atoms with Crippen LogP contribution in [0.4, 0.5) is 5.69 Å². The lowest BCUT2D eigenvalue weighted by Gasteiger charge is -2.31. The number of anilines is 1. The fourth-order valence-corrected chi connectivity index (χ4v) is 4.94. The summed E-state index contributed by atoms with van der Waals surface area (Å²) in [5, 5.41) is 0.202. The van der Waals surface area contributed by atoms with E-state index in [-0.39, 0.29) is 22.5 Å². The zero-order valence-electron chi connectivity index (χ0n) is 18.5. The number of carbonyl (C=O) groups excluding carboxylic acids is 2. The van der Waals surface area contributed by atoms with Crippen LogP contribution in [-0.4, -0.2) is 71.7 Å². The molecule has 32 heavy (non-hydrogen) atoms. The first-order valence-electron chi connectivity index (χ1n) is 10.3. The molecule has 0 radical (unpaired) electrons. The van der Waals surface area contributed by atoms with Gasteiger partial charge in [-0.05, 0) is 77.9 Å². The van der Waals surface area contributed by atoms with Crippen LogP contribution in [0.15, 0.2) is 34.3 Å². The summed E-state index contributed by atoms with van der Waals surface area (Å²) < 4.78 is 8.59. The number of carbonyl (C=O) groups is 2. The van der Waals surface area contributed by atoms with E-state index in [4.69, 9.17) is 17.0 Å². The normalized spacial score (nSPS) is 17.5. The predicted molar refractivity (Wildman–Crippen MR) is 132 cm³/mol. The van der Waals surface area contributed by atoms with Crippen molar-refractivity contribution in [2.24, 2.45) is 0 Å². The molecule has 7 nitrogen and oxygen atoms in total. The Balaban J connectivity index is 1.70. The molecule has 168 valence electrons. The molecular formula is C23H25BrN4O3S. The summed E-state index contributed by atoms with van der Waals surface area (Å²) in [7, 11) is 3.16. The van der Waals surface area contributed by atoms with E-state index in [9.17, 15) is 9.59 Å². The molecule has 2 fully saturated rings. The van der Waals surface area contributed by atoms with E-state index in [0.717, 1.165) is 59.1 Å². The zero-order valence-corrected chi connectivity index (χ0v) is 20.9. The van der Waals surface area contributed by atoms with Crippen LogP contribution in [-0.2, 0) is 14.3 Å². The number of benzene rings is 1. The first kappa shape index (κ1) is 22.7. The molecule has 0 unspecified atom stereocenters. The lowest BCUT2D eigenvalue weighted by atomic mass is 10.1. The van der Waals surface area contributed by atoms with Gasteiger partial charge in [0.25, 0.3) is 11.8 Å². The third-order valence-electron chi connectivity index (χ3n) is 5.96. The molecule has 0 aliphatic carbocycles. The molecule has 4 rings (SSSR count). The van der Waals surface area contributed by atoms with E-state index in [2.05, 4.69) is 43.6 Å². The molecule has 3 heterocycles. The van der Waals surface area contributed by atoms with Gasteiger partial charge in [-0.15, -0.1) is 0 Å². The predicted octanol–water partition coefficient (Wildman–Crippen LogP) is 3.29. The van der Waals surface area contributed by atoms with Crippen molar-refractivity contribution in [2.75, 3.05) is 45.3 Å². The number of ether oxygens (including phenoxy) is 1. The van der Waals surface area contributed by atoms with Crippen molar-refractivity contribution in [1.82, 2.24) is 14.4 Å². The quantitative estimate of drug-likeness (QED) is 0.356. The summed E-state index contributed by atoms with van der Waals surface area (Å²) >= 11 is 8.90. The van der Waals surface area contributed by atoms with Gasteiger partial charge in [-0.25, -0.2) is 0 Å². The third kappa shape index (κ3) is 3.89. The second-order valence-electron chi connectivity index (χ2n) is 7.97. The van der Waals surface area contributed by atoms with Crippen LogP contribution >= 0.6 is 28.1 Å². The summed E-state index contributed by atoms with van der Waals surface area (Å²) in [4.78, 5) is 30.3. The van der Waals surface area contributed by atoms with Crippen molar-refractivity contribution in [1.29, 1.82) is 0 Å². The molecule has 2 aliphatic heterocycles. The minimum absolute atomic E-state index is 0.104. The molecule has 0 saturated carbocycles. The van der Waals surface area contributed by atoms with Crippen molar-refractivity contribution < 1.29 is 14.3 Å². The lowest BCUT2D eigenvalue weighted by Crippen LogP contribution is -2.52. The highest BCUT2D eigenvalue weighted by molar-refractivity contribution is 9.10.